The molecule has 0 saturated carbocycles. The first-order valence-corrected chi connectivity index (χ1v) is 5.97. The first-order valence-electron chi connectivity index (χ1n) is 5.56. The third-order valence-corrected chi connectivity index (χ3v) is 3.01. The number of hydrogen-bond acceptors (Lipinski definition) is 2. The van der Waals surface area contributed by atoms with Gasteiger partial charge in [-0.25, -0.2) is 4.98 Å². The average molecular weight is 245 g/mol. The van der Waals surface area contributed by atoms with Gasteiger partial charge in [0.05, 0.1) is 0 Å². The maximum atomic E-state index is 5.65. The molecule has 0 amide bonds. The maximum absolute atomic E-state index is 5.65. The van der Waals surface area contributed by atoms with Crippen LogP contribution < -0.4 is 5.73 Å². The Kier molecular flexibility index (Phi) is 3.24. The molecule has 3 nitrogen and oxygen atoms in total. The summed E-state index contributed by atoms with van der Waals surface area (Å²) >= 11 is 5.00. The number of nitrogens with two attached hydrogens (primary N) is 1. The van der Waals surface area contributed by atoms with Crippen LogP contribution in [0.2, 0.25) is 0 Å². The maximum Gasteiger partial charge on any atom is 0.112 e. The second-order valence-electron chi connectivity index (χ2n) is 3.93. The van der Waals surface area contributed by atoms with E-state index in [1.165, 1.54) is 0 Å². The van der Waals surface area contributed by atoms with E-state index < -0.39 is 0 Å². The number of aromatic nitrogens is 2. The Morgan fingerprint density at radius 3 is 2.82 bits per heavy atom. The van der Waals surface area contributed by atoms with Gasteiger partial charge in [0.25, 0.3) is 0 Å². The molecule has 0 atom stereocenters. The van der Waals surface area contributed by atoms with Crippen molar-refractivity contribution < 1.29 is 0 Å². The number of aryl methyl sites for hydroxylation is 2. The molecule has 17 heavy (non-hydrogen) atoms. The smallest absolute Gasteiger partial charge is 0.112 e. The van der Waals surface area contributed by atoms with Gasteiger partial charge in [-0.1, -0.05) is 19.1 Å². The molecule has 0 unspecified atom stereocenters. The van der Waals surface area contributed by atoms with Gasteiger partial charge in [0.2, 0.25) is 0 Å². The molecule has 0 radical (unpaired) electrons. The Balaban J connectivity index is 2.48. The van der Waals surface area contributed by atoms with Crippen LogP contribution in [0.5, 0.6) is 0 Å². The van der Waals surface area contributed by atoms with Crippen molar-refractivity contribution in [1.29, 1.82) is 0 Å². The SMILES string of the molecule is CCc1nccn1-c1ccc(C(N)=S)c(C)c1. The average Bonchev–Trinajstić information content (AvgIpc) is 2.76. The molecule has 0 fully saturated rings. The lowest BCUT2D eigenvalue weighted by Crippen LogP contribution is -2.11. The summed E-state index contributed by atoms with van der Waals surface area (Å²) in [4.78, 5) is 4.75. The summed E-state index contributed by atoms with van der Waals surface area (Å²) in [5.41, 5.74) is 8.77. The van der Waals surface area contributed by atoms with Gasteiger partial charge in [0.15, 0.2) is 0 Å². The minimum Gasteiger partial charge on any atom is -0.389 e. The van der Waals surface area contributed by atoms with Gasteiger partial charge < -0.3 is 10.3 Å². The number of imidazole rings is 1. The highest BCUT2D eigenvalue weighted by molar-refractivity contribution is 7.80. The van der Waals surface area contributed by atoms with Gasteiger partial charge in [-0.15, -0.1) is 0 Å². The second kappa shape index (κ2) is 4.67. The molecule has 0 aliphatic carbocycles. The summed E-state index contributed by atoms with van der Waals surface area (Å²) in [5, 5.41) is 0. The fourth-order valence-electron chi connectivity index (χ4n) is 1.91. The van der Waals surface area contributed by atoms with Crippen LogP contribution in [0.15, 0.2) is 30.6 Å². The van der Waals surface area contributed by atoms with E-state index in [1.807, 2.05) is 31.5 Å². The normalized spacial score (nSPS) is 10.5. The minimum absolute atomic E-state index is 0.440. The summed E-state index contributed by atoms with van der Waals surface area (Å²) in [5.74, 6) is 1.05. The van der Waals surface area contributed by atoms with E-state index >= 15 is 0 Å². The number of nitrogens with zero attached hydrogens (tertiary/aromatic N) is 2. The minimum atomic E-state index is 0.440. The molecule has 0 bridgehead atoms. The van der Waals surface area contributed by atoms with Gasteiger partial charge in [-0.05, 0) is 30.7 Å². The fourth-order valence-corrected chi connectivity index (χ4v) is 2.13. The van der Waals surface area contributed by atoms with Crippen LogP contribution >= 0.6 is 12.2 Å². The van der Waals surface area contributed by atoms with E-state index in [-0.39, 0.29) is 0 Å². The summed E-state index contributed by atoms with van der Waals surface area (Å²) in [6.45, 7) is 4.11. The molecule has 1 heterocycles. The number of hydrogen-bond donors (Lipinski definition) is 1. The Morgan fingerprint density at radius 2 is 2.24 bits per heavy atom. The molecule has 1 aromatic carbocycles. The van der Waals surface area contributed by atoms with Crippen LogP contribution in [0.25, 0.3) is 5.69 Å². The molecule has 1 aromatic heterocycles. The Hall–Kier alpha value is -1.68. The Labute approximate surface area is 106 Å². The van der Waals surface area contributed by atoms with Crippen LogP contribution in [0.1, 0.15) is 23.9 Å². The quantitative estimate of drug-likeness (QED) is 0.844. The molecule has 2 rings (SSSR count). The summed E-state index contributed by atoms with van der Waals surface area (Å²) in [6, 6.07) is 6.06. The Bertz CT molecular complexity index is 558. The first-order chi connectivity index (χ1) is 8.13. The highest BCUT2D eigenvalue weighted by atomic mass is 32.1. The molecule has 2 N–H and O–H groups in total. The molecule has 88 valence electrons. The van der Waals surface area contributed by atoms with Gasteiger partial charge in [-0.3, -0.25) is 0 Å². The number of benzene rings is 1. The van der Waals surface area contributed by atoms with Crippen LogP contribution in [-0.2, 0) is 6.42 Å². The highest BCUT2D eigenvalue weighted by Gasteiger charge is 2.06. The van der Waals surface area contributed by atoms with Crippen molar-refractivity contribution in [2.45, 2.75) is 20.3 Å². The summed E-state index contributed by atoms with van der Waals surface area (Å²) in [6.07, 6.45) is 4.69. The van der Waals surface area contributed by atoms with E-state index in [0.717, 1.165) is 29.1 Å². The van der Waals surface area contributed by atoms with E-state index in [9.17, 15) is 0 Å². The first kappa shape index (κ1) is 11.8. The third kappa shape index (κ3) is 2.22. The van der Waals surface area contributed by atoms with E-state index in [4.69, 9.17) is 18.0 Å². The molecule has 0 saturated heterocycles. The van der Waals surface area contributed by atoms with E-state index in [0.29, 0.717) is 4.99 Å². The van der Waals surface area contributed by atoms with Crippen LogP contribution in [0.3, 0.4) is 0 Å². The highest BCUT2D eigenvalue weighted by Crippen LogP contribution is 2.16. The lowest BCUT2D eigenvalue weighted by Gasteiger charge is -2.10. The van der Waals surface area contributed by atoms with Crippen molar-refractivity contribution in [3.05, 3.63) is 47.5 Å². The lowest BCUT2D eigenvalue weighted by molar-refractivity contribution is 0.890. The lowest BCUT2D eigenvalue weighted by atomic mass is 10.1. The third-order valence-electron chi connectivity index (χ3n) is 2.79. The zero-order chi connectivity index (χ0) is 12.4. The number of rotatable bonds is 3. The van der Waals surface area contributed by atoms with Gasteiger partial charge in [0.1, 0.15) is 10.8 Å². The molecular formula is C13H15N3S. The van der Waals surface area contributed by atoms with Crippen LogP contribution in [0, 0.1) is 6.92 Å². The number of thiocarbonyl (C=S) groups is 1. The van der Waals surface area contributed by atoms with Crippen LogP contribution in [-0.4, -0.2) is 14.5 Å². The Morgan fingerprint density at radius 1 is 1.47 bits per heavy atom. The topological polar surface area (TPSA) is 43.8 Å². The predicted molar refractivity (Wildman–Crippen MR) is 73.6 cm³/mol. The van der Waals surface area contributed by atoms with Crippen molar-refractivity contribution >= 4 is 17.2 Å². The molecule has 2 aromatic rings. The molecule has 4 heteroatoms. The van der Waals surface area contributed by atoms with Crippen molar-refractivity contribution in [2.24, 2.45) is 5.73 Å². The molecular weight excluding hydrogens is 230 g/mol. The molecule has 0 aliphatic heterocycles. The molecule has 0 spiro atoms. The second-order valence-corrected chi connectivity index (χ2v) is 4.37. The van der Waals surface area contributed by atoms with Crippen molar-refractivity contribution in [1.82, 2.24) is 9.55 Å². The largest absolute Gasteiger partial charge is 0.389 e. The van der Waals surface area contributed by atoms with E-state index in [1.54, 1.807) is 0 Å². The zero-order valence-electron chi connectivity index (χ0n) is 9.97. The van der Waals surface area contributed by atoms with Gasteiger partial charge in [0, 0.05) is 30.1 Å². The van der Waals surface area contributed by atoms with Crippen molar-refractivity contribution in [3.63, 3.8) is 0 Å². The van der Waals surface area contributed by atoms with Gasteiger partial charge in [-0.2, -0.15) is 0 Å². The van der Waals surface area contributed by atoms with E-state index in [2.05, 4.69) is 22.5 Å². The van der Waals surface area contributed by atoms with Crippen molar-refractivity contribution in [3.8, 4) is 5.69 Å². The predicted octanol–water partition coefficient (Wildman–Crippen LogP) is 2.38. The monoisotopic (exact) mass is 245 g/mol. The van der Waals surface area contributed by atoms with Gasteiger partial charge >= 0.3 is 0 Å². The fraction of sp³-hybridized carbons (Fsp3) is 0.231. The zero-order valence-corrected chi connectivity index (χ0v) is 10.8. The van der Waals surface area contributed by atoms with Crippen molar-refractivity contribution in [2.75, 3.05) is 0 Å². The summed E-state index contributed by atoms with van der Waals surface area (Å²) in [7, 11) is 0. The summed E-state index contributed by atoms with van der Waals surface area (Å²) < 4.78 is 2.08. The standard InChI is InChI=1S/C13H15N3S/c1-3-12-15-6-7-16(12)10-4-5-11(13(14)17)9(2)8-10/h4-8H,3H2,1-2H3,(H2,14,17). The van der Waals surface area contributed by atoms with Crippen LogP contribution in [0.4, 0.5) is 0 Å². The molecule has 0 aliphatic rings.